The molecule has 22 nitrogen and oxygen atoms in total. The van der Waals surface area contributed by atoms with Crippen molar-refractivity contribution in [1.29, 1.82) is 0 Å². The quantitative estimate of drug-likeness (QED) is 0.0532. The van der Waals surface area contributed by atoms with E-state index in [-0.39, 0.29) is 17.3 Å². The van der Waals surface area contributed by atoms with Gasteiger partial charge in [-0.25, -0.2) is 0 Å². The van der Waals surface area contributed by atoms with Crippen molar-refractivity contribution in [3.8, 4) is 0 Å². The molecular formula is C44H70O22. The lowest BCUT2D eigenvalue weighted by atomic mass is 9.41. The second-order valence-corrected chi connectivity index (χ2v) is 20.8. The largest absolute Gasteiger partial charge is 0.432 e. The molecule has 1 spiro atoms. The molecule has 26 atom stereocenters. The van der Waals surface area contributed by atoms with E-state index < -0.39 is 165 Å². The highest BCUT2D eigenvalue weighted by Gasteiger charge is 2.70. The fourth-order valence-electron chi connectivity index (χ4n) is 13.4. The van der Waals surface area contributed by atoms with Gasteiger partial charge in [-0.1, -0.05) is 19.9 Å². The fraction of sp³-hybridized carbons (Fsp3) is 0.932. The van der Waals surface area contributed by atoms with E-state index in [2.05, 4.69) is 13.5 Å². The number of carbonyl (C=O) groups is 1. The van der Waals surface area contributed by atoms with E-state index in [9.17, 15) is 71.2 Å². The first-order valence-corrected chi connectivity index (χ1v) is 23.2. The minimum Gasteiger partial charge on any atom is -0.432 e. The zero-order valence-corrected chi connectivity index (χ0v) is 37.4. The van der Waals surface area contributed by atoms with E-state index in [1.165, 1.54) is 6.92 Å². The summed E-state index contributed by atoms with van der Waals surface area (Å²) in [4.78, 5) is 14.3. The highest BCUT2D eigenvalue weighted by atomic mass is 16.8. The van der Waals surface area contributed by atoms with E-state index in [0.717, 1.165) is 12.0 Å². The van der Waals surface area contributed by atoms with Gasteiger partial charge in [-0.15, -0.1) is 0 Å². The van der Waals surface area contributed by atoms with E-state index in [0.29, 0.717) is 51.4 Å². The van der Waals surface area contributed by atoms with Gasteiger partial charge in [-0.05, 0) is 93.5 Å². The number of ether oxygens (including phenoxy) is 8. The Hall–Kier alpha value is -1.59. The van der Waals surface area contributed by atoms with E-state index >= 15 is 0 Å². The summed E-state index contributed by atoms with van der Waals surface area (Å²) in [7, 11) is 0. The van der Waals surface area contributed by atoms with Crippen LogP contribution in [0.4, 0.5) is 0 Å². The summed E-state index contributed by atoms with van der Waals surface area (Å²) in [6.45, 7) is 7.77. The monoisotopic (exact) mass is 950 g/mol. The Morgan fingerprint density at radius 3 is 1.74 bits per heavy atom. The van der Waals surface area contributed by atoms with Gasteiger partial charge in [0.2, 0.25) is 6.29 Å². The van der Waals surface area contributed by atoms with Gasteiger partial charge in [0.05, 0.1) is 36.9 Å². The third kappa shape index (κ3) is 8.30. The van der Waals surface area contributed by atoms with Gasteiger partial charge in [-0.3, -0.25) is 4.79 Å². The number of aliphatic hydroxyl groups excluding tert-OH is 13. The van der Waals surface area contributed by atoms with Gasteiger partial charge in [0, 0.05) is 0 Å². The highest BCUT2D eigenvalue weighted by molar-refractivity contribution is 5.77. The predicted molar refractivity (Wildman–Crippen MR) is 218 cm³/mol. The molecule has 0 aromatic carbocycles. The Kier molecular flexibility index (Phi) is 14.5. The average molecular weight is 951 g/mol. The number of carbonyl (C=O) groups excluding carboxylic acids is 1. The Balaban J connectivity index is 1.06. The van der Waals surface area contributed by atoms with E-state index in [4.69, 9.17) is 37.9 Å². The van der Waals surface area contributed by atoms with Crippen LogP contribution in [0.25, 0.3) is 0 Å². The number of rotatable bonds is 11. The minimum absolute atomic E-state index is 0.0493. The lowest BCUT2D eigenvalue weighted by Gasteiger charge is -2.64. The number of hydrogen-bond donors (Lipinski definition) is 13. The summed E-state index contributed by atoms with van der Waals surface area (Å²) in [5.41, 5.74) is -2.19. The van der Waals surface area contributed by atoms with Gasteiger partial charge in [0.1, 0.15) is 91.6 Å². The fourth-order valence-corrected chi connectivity index (χ4v) is 13.4. The van der Waals surface area contributed by atoms with Crippen molar-refractivity contribution in [1.82, 2.24) is 0 Å². The summed E-state index contributed by atoms with van der Waals surface area (Å²) in [6.07, 6.45) is -27.4. The topological polar surface area (TPSA) is 354 Å². The molecule has 66 heavy (non-hydrogen) atoms. The van der Waals surface area contributed by atoms with Crippen LogP contribution >= 0.6 is 0 Å². The normalized spacial score (nSPS) is 55.2. The molecule has 22 heteroatoms. The van der Waals surface area contributed by atoms with Gasteiger partial charge >= 0.3 is 5.97 Å². The summed E-state index contributed by atoms with van der Waals surface area (Å²) in [5, 5.41) is 137. The Morgan fingerprint density at radius 2 is 1.12 bits per heavy atom. The lowest BCUT2D eigenvalue weighted by molar-refractivity contribution is -0.398. The van der Waals surface area contributed by atoms with Gasteiger partial charge < -0.3 is 104 Å². The molecule has 2 bridgehead atoms. The summed E-state index contributed by atoms with van der Waals surface area (Å²) in [5.74, 6) is -0.750. The third-order valence-electron chi connectivity index (χ3n) is 17.0. The van der Waals surface area contributed by atoms with Crippen LogP contribution in [0.5, 0.6) is 0 Å². The third-order valence-corrected chi connectivity index (χ3v) is 17.0. The first-order chi connectivity index (χ1) is 31.1. The molecule has 4 saturated heterocycles. The molecule has 0 aromatic heterocycles. The lowest BCUT2D eigenvalue weighted by Crippen LogP contribution is -2.67. The maximum atomic E-state index is 14.3. The molecule has 0 radical (unpaired) electrons. The molecule has 4 aliphatic heterocycles. The second-order valence-electron chi connectivity index (χ2n) is 20.8. The number of hydrogen-bond acceptors (Lipinski definition) is 22. The molecule has 0 unspecified atom stereocenters. The van der Waals surface area contributed by atoms with Gasteiger partial charge in [0.15, 0.2) is 18.9 Å². The van der Waals surface area contributed by atoms with Crippen LogP contribution in [-0.4, -0.2) is 221 Å². The number of fused-ring (bicyclic) bond motifs is 3. The summed E-state index contributed by atoms with van der Waals surface area (Å²) >= 11 is 0. The van der Waals surface area contributed by atoms with Crippen molar-refractivity contribution in [3.63, 3.8) is 0 Å². The number of aliphatic hydroxyl groups is 13. The molecule has 4 aliphatic carbocycles. The van der Waals surface area contributed by atoms with Crippen LogP contribution in [-0.2, 0) is 42.7 Å². The molecule has 0 amide bonds. The summed E-state index contributed by atoms with van der Waals surface area (Å²) < 4.78 is 48.4. The van der Waals surface area contributed by atoms with E-state index in [1.54, 1.807) is 0 Å². The second kappa shape index (κ2) is 18.9. The van der Waals surface area contributed by atoms with Crippen LogP contribution < -0.4 is 0 Å². The van der Waals surface area contributed by atoms with E-state index in [1.807, 2.05) is 6.92 Å². The van der Waals surface area contributed by atoms with Crippen molar-refractivity contribution in [2.24, 2.45) is 28.1 Å². The molecule has 4 heterocycles. The van der Waals surface area contributed by atoms with Crippen molar-refractivity contribution in [2.45, 2.75) is 207 Å². The first-order valence-electron chi connectivity index (χ1n) is 23.2. The standard InChI is InChI=1S/C44H70O22/c1-17-12-43-10-6-22-41(3,8-5-9-42(22,4)40(58)65-38-33(57)30(54)26(50)20(14-46)61-38)23(43)7-11-44(17,16-43)66-39-35(64-36-31(55)28(52)24(48)18(2)59-36)34(27(51)21(15-47)62-39)63-37-32(56)29(53)25(49)19(13-45)60-37/h18-39,45-57H,1,5-16H2,2-4H3/t18-,19-,20+,21-,22-,23+,24-,25-,26+,27-,28+,29+,30+,31-,32-,33+,34+,35-,36+,37+,38-,39+,41+,42+,43-,44+/m0/s1. The Labute approximate surface area is 381 Å². The average Bonchev–Trinajstić information content (AvgIpc) is 3.48. The molecule has 0 aromatic rings. The molecule has 8 aliphatic rings. The molecule has 378 valence electrons. The maximum absolute atomic E-state index is 14.3. The van der Waals surface area contributed by atoms with Crippen molar-refractivity contribution >= 4 is 5.97 Å². The molecule has 8 rings (SSSR count). The molecule has 4 saturated carbocycles. The van der Waals surface area contributed by atoms with Crippen LogP contribution in [0.15, 0.2) is 12.2 Å². The van der Waals surface area contributed by atoms with Crippen LogP contribution in [0.2, 0.25) is 0 Å². The summed E-state index contributed by atoms with van der Waals surface area (Å²) in [6, 6.07) is 0. The Morgan fingerprint density at radius 1 is 0.606 bits per heavy atom. The highest BCUT2D eigenvalue weighted by Crippen LogP contribution is 2.73. The van der Waals surface area contributed by atoms with Gasteiger partial charge in [-0.2, -0.15) is 0 Å². The minimum atomic E-state index is -1.92. The Bertz CT molecular complexity index is 1740. The SMILES string of the molecule is C=C1C[C@]23CC[C@H]4[C@@](C)(CCC[C@@]4(C)C(=O)O[C@@H]4O[C@H](CO)[C@@H](O)[C@@H](O)[C@H]4O)[C@H]2CC[C@@]1(O[C@H]1O[C@@H](CO)[C@H](O)[C@@H](O[C@H]2O[C@@H](CO)[C@H](O)[C@@H](O)[C@@H]2O)[C@@H]1O[C@H]1O[C@@H](C)[C@H](O)[C@@H](O)[C@@H]1O)C3. The molecule has 13 N–H and O–H groups in total. The molecule has 8 fully saturated rings. The zero-order valence-electron chi connectivity index (χ0n) is 37.4. The number of esters is 1. The van der Waals surface area contributed by atoms with Crippen molar-refractivity contribution in [3.05, 3.63) is 12.2 Å². The van der Waals surface area contributed by atoms with Gasteiger partial charge in [0.25, 0.3) is 0 Å². The van der Waals surface area contributed by atoms with Crippen LogP contribution in [0, 0.1) is 28.1 Å². The smallest absolute Gasteiger partial charge is 0.314 e. The van der Waals surface area contributed by atoms with Crippen LogP contribution in [0.1, 0.15) is 78.6 Å². The zero-order chi connectivity index (χ0) is 48.0. The predicted octanol–water partition coefficient (Wildman–Crippen LogP) is -4.09. The maximum Gasteiger partial charge on any atom is 0.314 e. The molecular weight excluding hydrogens is 880 g/mol. The van der Waals surface area contributed by atoms with Crippen LogP contribution in [0.3, 0.4) is 0 Å². The van der Waals surface area contributed by atoms with Crippen molar-refractivity contribution in [2.75, 3.05) is 19.8 Å². The first kappa shape index (κ1) is 50.8. The van der Waals surface area contributed by atoms with Crippen molar-refractivity contribution < 1.29 is 109 Å².